The van der Waals surface area contributed by atoms with Crippen LogP contribution in [0.4, 0.5) is 0 Å². The van der Waals surface area contributed by atoms with Gasteiger partial charge in [-0.2, -0.15) is 0 Å². The molecular weight excluding hydrogens is 434 g/mol. The third-order valence-electron chi connectivity index (χ3n) is 6.62. The minimum absolute atomic E-state index is 0.525. The number of para-hydroxylation sites is 1. The number of nitrogens with one attached hydrogen (secondary N) is 2. The van der Waals surface area contributed by atoms with Crippen molar-refractivity contribution in [3.05, 3.63) is 77.5 Å². The zero-order valence-electron chi connectivity index (χ0n) is 21.1. The summed E-state index contributed by atoms with van der Waals surface area (Å²) in [6.45, 7) is 5.32. The van der Waals surface area contributed by atoms with Gasteiger partial charge in [-0.15, -0.1) is 0 Å². The fourth-order valence-corrected chi connectivity index (χ4v) is 4.56. The third kappa shape index (κ3) is 9.35. The smallest absolute Gasteiger partial charge is 0.267 e. The Morgan fingerprint density at radius 2 is 1.66 bits per heavy atom. The van der Waals surface area contributed by atoms with Gasteiger partial charge >= 0.3 is 0 Å². The normalized spacial score (nSPS) is 11.6. The highest BCUT2D eigenvalue weighted by atomic mass is 16.5. The van der Waals surface area contributed by atoms with Crippen LogP contribution in [-0.4, -0.2) is 34.1 Å². The van der Waals surface area contributed by atoms with Crippen LogP contribution in [-0.2, 0) is 17.8 Å². The Kier molecular flexibility index (Phi) is 11.6. The first-order valence-corrected chi connectivity index (χ1v) is 13.2. The maximum Gasteiger partial charge on any atom is 0.267 e. The number of rotatable bonds is 16. The molecule has 0 bridgehead atoms. The highest BCUT2D eigenvalue weighted by molar-refractivity contribution is 5.90. The minimum atomic E-state index is -0.525. The second kappa shape index (κ2) is 15.2. The van der Waals surface area contributed by atoms with Crippen molar-refractivity contribution >= 4 is 22.9 Å². The summed E-state index contributed by atoms with van der Waals surface area (Å²) >= 11 is 0. The van der Waals surface area contributed by atoms with Crippen LogP contribution in [0.5, 0.6) is 0 Å². The molecule has 0 aliphatic heterocycles. The van der Waals surface area contributed by atoms with Crippen LogP contribution in [0.1, 0.15) is 75.0 Å². The van der Waals surface area contributed by atoms with Crippen molar-refractivity contribution in [1.29, 1.82) is 0 Å². The van der Waals surface area contributed by atoms with Gasteiger partial charge in [-0.1, -0.05) is 94.3 Å². The van der Waals surface area contributed by atoms with E-state index in [2.05, 4.69) is 59.4 Å². The maximum atomic E-state index is 11.2. The fourth-order valence-electron chi connectivity index (χ4n) is 4.56. The van der Waals surface area contributed by atoms with E-state index in [1.54, 1.807) is 11.6 Å². The molecule has 188 valence electrons. The minimum Gasteiger partial charge on any atom is -0.361 e. The lowest BCUT2D eigenvalue weighted by Crippen LogP contribution is -2.27. The van der Waals surface area contributed by atoms with E-state index in [0.717, 1.165) is 31.6 Å². The number of carbonyl (C=O) groups is 1. The molecule has 0 unspecified atom stereocenters. The average molecular weight is 476 g/mol. The summed E-state index contributed by atoms with van der Waals surface area (Å²) in [6.07, 6.45) is 16.9. The molecule has 3 N–H and O–H groups in total. The van der Waals surface area contributed by atoms with E-state index in [9.17, 15) is 4.79 Å². The Morgan fingerprint density at radius 1 is 0.943 bits per heavy atom. The summed E-state index contributed by atoms with van der Waals surface area (Å²) in [4.78, 5) is 17.2. The molecule has 1 heterocycles. The number of aromatic amines is 1. The maximum absolute atomic E-state index is 11.2. The number of benzene rings is 2. The Balaban J connectivity index is 1.55. The van der Waals surface area contributed by atoms with Crippen LogP contribution in [0.2, 0.25) is 0 Å². The molecule has 2 aromatic carbocycles. The van der Waals surface area contributed by atoms with E-state index >= 15 is 0 Å². The number of hydrogen-bond acceptors (Lipinski definition) is 3. The summed E-state index contributed by atoms with van der Waals surface area (Å²) < 4.78 is 0. The van der Waals surface area contributed by atoms with Crippen molar-refractivity contribution in [1.82, 2.24) is 15.4 Å². The number of nitrogens with zero attached hydrogens (tertiary/aromatic N) is 1. The summed E-state index contributed by atoms with van der Waals surface area (Å²) in [7, 11) is 0. The predicted molar refractivity (Wildman–Crippen MR) is 145 cm³/mol. The number of H-pyrrole nitrogens is 1. The van der Waals surface area contributed by atoms with Crippen LogP contribution in [0.25, 0.3) is 17.0 Å². The van der Waals surface area contributed by atoms with Crippen LogP contribution < -0.4 is 5.48 Å². The van der Waals surface area contributed by atoms with Gasteiger partial charge in [0.25, 0.3) is 5.91 Å². The molecule has 0 spiro atoms. The molecule has 0 aliphatic rings. The van der Waals surface area contributed by atoms with Crippen LogP contribution in [0.15, 0.2) is 60.8 Å². The largest absolute Gasteiger partial charge is 0.361 e. The first-order chi connectivity index (χ1) is 17.2. The number of carbonyl (C=O) groups excluding carboxylic acids is 1. The number of hydrogen-bond donors (Lipinski definition) is 3. The molecular formula is C30H41N3O2. The Hall–Kier alpha value is -2.89. The molecule has 0 radical (unpaired) electrons. The van der Waals surface area contributed by atoms with Crippen LogP contribution >= 0.6 is 0 Å². The number of hydroxylamine groups is 1. The molecule has 5 heteroatoms. The standard InChI is InChI=1S/C30H41N3O2/c1-2-3-4-5-6-7-8-11-21-33(22-20-27-23-31-29-13-10-9-12-28(27)29)24-26-16-14-25(15-17-26)18-19-30(34)32-35/h9-10,12-19,23,31,35H,2-8,11,20-22,24H2,1H3,(H,32,34). The first kappa shape index (κ1) is 26.7. The van der Waals surface area contributed by atoms with Crippen molar-refractivity contribution < 1.29 is 10.0 Å². The molecule has 3 rings (SSSR count). The van der Waals surface area contributed by atoms with Gasteiger partial charge in [0.2, 0.25) is 0 Å². The molecule has 3 aromatic rings. The first-order valence-electron chi connectivity index (χ1n) is 13.2. The average Bonchev–Trinajstić information content (AvgIpc) is 3.31. The van der Waals surface area contributed by atoms with E-state index in [4.69, 9.17) is 5.21 Å². The summed E-state index contributed by atoms with van der Waals surface area (Å²) in [6, 6.07) is 16.8. The highest BCUT2D eigenvalue weighted by Crippen LogP contribution is 2.19. The van der Waals surface area contributed by atoms with Crippen molar-refractivity contribution in [2.75, 3.05) is 13.1 Å². The molecule has 0 fully saturated rings. The molecule has 0 aliphatic carbocycles. The van der Waals surface area contributed by atoms with Gasteiger partial charge in [0, 0.05) is 36.3 Å². The van der Waals surface area contributed by atoms with Crippen LogP contribution in [0.3, 0.4) is 0 Å². The molecule has 0 saturated carbocycles. The second-order valence-corrected chi connectivity index (χ2v) is 9.41. The van der Waals surface area contributed by atoms with Gasteiger partial charge in [0.1, 0.15) is 0 Å². The summed E-state index contributed by atoms with van der Waals surface area (Å²) in [5, 5.41) is 9.95. The topological polar surface area (TPSA) is 68.4 Å². The molecule has 1 aromatic heterocycles. The lowest BCUT2D eigenvalue weighted by Gasteiger charge is -2.22. The van der Waals surface area contributed by atoms with E-state index in [1.807, 2.05) is 12.1 Å². The second-order valence-electron chi connectivity index (χ2n) is 9.41. The lowest BCUT2D eigenvalue weighted by molar-refractivity contribution is -0.124. The van der Waals surface area contributed by atoms with E-state index in [1.165, 1.54) is 79.5 Å². The molecule has 35 heavy (non-hydrogen) atoms. The zero-order valence-corrected chi connectivity index (χ0v) is 21.1. The molecule has 1 amide bonds. The van der Waals surface area contributed by atoms with Gasteiger partial charge in [-0.3, -0.25) is 14.9 Å². The lowest BCUT2D eigenvalue weighted by atomic mass is 10.1. The third-order valence-corrected chi connectivity index (χ3v) is 6.62. The van der Waals surface area contributed by atoms with E-state index in [0.29, 0.717) is 0 Å². The van der Waals surface area contributed by atoms with Crippen LogP contribution in [0, 0.1) is 0 Å². The highest BCUT2D eigenvalue weighted by Gasteiger charge is 2.09. The van der Waals surface area contributed by atoms with Gasteiger partial charge in [0.15, 0.2) is 0 Å². The number of fused-ring (bicyclic) bond motifs is 1. The van der Waals surface area contributed by atoms with Gasteiger partial charge in [0.05, 0.1) is 0 Å². The van der Waals surface area contributed by atoms with Gasteiger partial charge in [-0.25, -0.2) is 5.48 Å². The van der Waals surface area contributed by atoms with Crippen molar-refractivity contribution in [3.8, 4) is 0 Å². The summed E-state index contributed by atoms with van der Waals surface area (Å²) in [5.41, 5.74) is 6.41. The van der Waals surface area contributed by atoms with Gasteiger partial charge in [-0.05, 0) is 48.2 Å². The summed E-state index contributed by atoms with van der Waals surface area (Å²) in [5.74, 6) is -0.525. The molecule has 0 saturated heterocycles. The quantitative estimate of drug-likeness (QED) is 0.0916. The fraction of sp³-hybridized carbons (Fsp3) is 0.433. The molecule has 5 nitrogen and oxygen atoms in total. The number of unbranched alkanes of at least 4 members (excludes halogenated alkanes) is 7. The van der Waals surface area contributed by atoms with Crippen molar-refractivity contribution in [2.45, 2.75) is 71.3 Å². The Bertz CT molecular complexity index is 1040. The monoisotopic (exact) mass is 475 g/mol. The molecule has 0 atom stereocenters. The van der Waals surface area contributed by atoms with Crippen molar-refractivity contribution in [3.63, 3.8) is 0 Å². The Labute approximate surface area is 210 Å². The Morgan fingerprint density at radius 3 is 2.40 bits per heavy atom. The van der Waals surface area contributed by atoms with Crippen molar-refractivity contribution in [2.24, 2.45) is 0 Å². The number of aromatic nitrogens is 1. The SMILES string of the molecule is CCCCCCCCCCN(CCc1c[nH]c2ccccc12)Cc1ccc(C=CC(=O)NO)cc1. The van der Waals surface area contributed by atoms with E-state index < -0.39 is 5.91 Å². The van der Waals surface area contributed by atoms with Gasteiger partial charge < -0.3 is 4.98 Å². The van der Waals surface area contributed by atoms with E-state index in [-0.39, 0.29) is 0 Å². The predicted octanol–water partition coefficient (Wildman–Crippen LogP) is 6.87. The number of amides is 1. The zero-order chi connectivity index (χ0) is 24.7.